The zero-order valence-electron chi connectivity index (χ0n) is 13.4. The molecule has 1 atom stereocenters. The van der Waals surface area contributed by atoms with E-state index in [1.165, 1.54) is 11.4 Å². The Bertz CT molecular complexity index is 700. The average molecular weight is 343 g/mol. The van der Waals surface area contributed by atoms with Gasteiger partial charge >= 0.3 is 5.97 Å². The van der Waals surface area contributed by atoms with Crippen LogP contribution in [0.5, 0.6) is 5.75 Å². The fourth-order valence-corrected chi connectivity index (χ4v) is 4.60. The topological polar surface area (TPSA) is 93.1 Å². The molecular formula is C15H21NO6S. The first-order chi connectivity index (χ1) is 10.8. The number of benzene rings is 1. The van der Waals surface area contributed by atoms with Crippen molar-refractivity contribution in [3.63, 3.8) is 0 Å². The maximum Gasteiger partial charge on any atom is 0.329 e. The molecule has 0 aromatic heterocycles. The van der Waals surface area contributed by atoms with E-state index in [0.29, 0.717) is 24.3 Å². The number of hydrogen-bond donors (Lipinski definition) is 1. The maximum atomic E-state index is 12.9. The van der Waals surface area contributed by atoms with Crippen molar-refractivity contribution >= 4 is 16.0 Å². The second-order valence-electron chi connectivity index (χ2n) is 5.59. The summed E-state index contributed by atoms with van der Waals surface area (Å²) in [6.45, 7) is 3.62. The molecule has 0 amide bonds. The van der Waals surface area contributed by atoms with E-state index < -0.39 is 28.7 Å². The Labute approximate surface area is 135 Å². The molecule has 2 rings (SSSR count). The number of ether oxygens (including phenoxy) is 2. The number of hydrogen-bond acceptors (Lipinski definition) is 5. The molecule has 1 aromatic carbocycles. The Morgan fingerprint density at radius 1 is 1.39 bits per heavy atom. The molecule has 23 heavy (non-hydrogen) atoms. The van der Waals surface area contributed by atoms with Gasteiger partial charge in [-0.15, -0.1) is 0 Å². The third-order valence-corrected chi connectivity index (χ3v) is 5.80. The Morgan fingerprint density at radius 3 is 2.70 bits per heavy atom. The van der Waals surface area contributed by atoms with Gasteiger partial charge < -0.3 is 14.6 Å². The number of aryl methyl sites for hydroxylation is 2. The number of aliphatic carboxylic acids is 1. The van der Waals surface area contributed by atoms with Crippen molar-refractivity contribution in [2.24, 2.45) is 0 Å². The van der Waals surface area contributed by atoms with Gasteiger partial charge in [-0.2, -0.15) is 4.31 Å². The molecule has 0 spiro atoms. The van der Waals surface area contributed by atoms with Gasteiger partial charge in [-0.05, 0) is 37.5 Å². The summed E-state index contributed by atoms with van der Waals surface area (Å²) < 4.78 is 37.6. The Balaban J connectivity index is 2.25. The minimum atomic E-state index is -3.72. The van der Waals surface area contributed by atoms with E-state index in [1.54, 1.807) is 19.1 Å². The molecule has 0 radical (unpaired) electrons. The molecule has 8 heteroatoms. The first kappa shape index (κ1) is 17.7. The van der Waals surface area contributed by atoms with Crippen molar-refractivity contribution in [1.82, 2.24) is 4.31 Å². The molecule has 1 aliphatic rings. The molecule has 7 nitrogen and oxygen atoms in total. The quantitative estimate of drug-likeness (QED) is 0.833. The van der Waals surface area contributed by atoms with Crippen LogP contribution >= 0.6 is 0 Å². The number of carboxylic acid groups (broad SMARTS) is 1. The minimum absolute atomic E-state index is 0.145. The first-order valence-electron chi connectivity index (χ1n) is 7.24. The van der Waals surface area contributed by atoms with E-state index >= 15 is 0 Å². The molecule has 1 aliphatic heterocycles. The minimum Gasteiger partial charge on any atom is -0.495 e. The van der Waals surface area contributed by atoms with Gasteiger partial charge in [0.1, 0.15) is 17.3 Å². The van der Waals surface area contributed by atoms with Gasteiger partial charge in [0.2, 0.25) is 10.0 Å². The van der Waals surface area contributed by atoms with E-state index in [9.17, 15) is 13.2 Å². The summed E-state index contributed by atoms with van der Waals surface area (Å²) in [5.41, 5.74) is 1.54. The van der Waals surface area contributed by atoms with Gasteiger partial charge in [0, 0.05) is 13.1 Å². The van der Waals surface area contributed by atoms with Gasteiger partial charge in [0.05, 0.1) is 13.2 Å². The summed E-state index contributed by atoms with van der Waals surface area (Å²) >= 11 is 0. The number of carboxylic acids is 1. The first-order valence-corrected chi connectivity index (χ1v) is 8.68. The molecule has 128 valence electrons. The smallest absolute Gasteiger partial charge is 0.329 e. The van der Waals surface area contributed by atoms with Crippen LogP contribution < -0.4 is 4.74 Å². The van der Waals surface area contributed by atoms with Gasteiger partial charge in [-0.3, -0.25) is 0 Å². The van der Waals surface area contributed by atoms with Crippen LogP contribution in [0.25, 0.3) is 0 Å². The summed E-state index contributed by atoms with van der Waals surface area (Å²) in [5, 5.41) is 8.63. The summed E-state index contributed by atoms with van der Waals surface area (Å²) in [7, 11) is -2.28. The lowest BCUT2D eigenvalue weighted by Crippen LogP contribution is -2.31. The maximum absolute atomic E-state index is 12.9. The highest BCUT2D eigenvalue weighted by molar-refractivity contribution is 7.89. The van der Waals surface area contributed by atoms with Crippen LogP contribution in [-0.4, -0.2) is 56.7 Å². The zero-order chi connectivity index (χ0) is 17.2. The van der Waals surface area contributed by atoms with Crippen molar-refractivity contribution in [2.45, 2.75) is 31.3 Å². The molecule has 0 aliphatic carbocycles. The van der Waals surface area contributed by atoms with Crippen LogP contribution in [0.15, 0.2) is 17.0 Å². The molecular weight excluding hydrogens is 322 g/mol. The van der Waals surface area contributed by atoms with Gasteiger partial charge in [0.25, 0.3) is 0 Å². The number of carbonyl (C=O) groups is 1. The largest absolute Gasteiger partial charge is 0.495 e. The molecule has 0 unspecified atom stereocenters. The summed E-state index contributed by atoms with van der Waals surface area (Å²) in [5.74, 6) is -0.750. The highest BCUT2D eigenvalue weighted by Gasteiger charge is 2.36. The van der Waals surface area contributed by atoms with E-state index in [-0.39, 0.29) is 11.4 Å². The Hall–Kier alpha value is -1.64. The predicted molar refractivity (Wildman–Crippen MR) is 83.2 cm³/mol. The molecule has 0 saturated carbocycles. The van der Waals surface area contributed by atoms with Crippen molar-refractivity contribution in [3.05, 3.63) is 23.3 Å². The third kappa shape index (κ3) is 3.82. The second-order valence-corrected chi connectivity index (χ2v) is 7.47. The van der Waals surface area contributed by atoms with Crippen LogP contribution in [-0.2, 0) is 19.6 Å². The summed E-state index contributed by atoms with van der Waals surface area (Å²) in [4.78, 5) is 10.7. The van der Waals surface area contributed by atoms with E-state index in [2.05, 4.69) is 0 Å². The van der Waals surface area contributed by atoms with Crippen molar-refractivity contribution in [3.8, 4) is 5.75 Å². The van der Waals surface area contributed by atoms with Gasteiger partial charge in [0.15, 0.2) is 0 Å². The van der Waals surface area contributed by atoms with Crippen LogP contribution in [0, 0.1) is 13.8 Å². The van der Waals surface area contributed by atoms with Crippen molar-refractivity contribution in [2.75, 3.05) is 26.8 Å². The zero-order valence-corrected chi connectivity index (χ0v) is 14.2. The van der Waals surface area contributed by atoms with E-state index in [1.807, 2.05) is 6.92 Å². The third-order valence-electron chi connectivity index (χ3n) is 3.75. The predicted octanol–water partition coefficient (Wildman–Crippen LogP) is 1.18. The van der Waals surface area contributed by atoms with E-state index in [4.69, 9.17) is 14.6 Å². The van der Waals surface area contributed by atoms with Crippen molar-refractivity contribution < 1.29 is 27.8 Å². The summed E-state index contributed by atoms with van der Waals surface area (Å²) in [6.07, 6.45) is 0.0670. The monoisotopic (exact) mass is 343 g/mol. The molecule has 1 heterocycles. The normalized spacial score (nSPS) is 19.0. The number of rotatable bonds is 6. The highest BCUT2D eigenvalue weighted by atomic mass is 32.2. The summed E-state index contributed by atoms with van der Waals surface area (Å²) in [6, 6.07) is 3.48. The molecule has 1 aromatic rings. The highest BCUT2D eigenvalue weighted by Crippen LogP contribution is 2.33. The number of nitrogens with zero attached hydrogens (tertiary/aromatic N) is 1. The number of methoxy groups -OCH3 is 1. The molecule has 1 saturated heterocycles. The fraction of sp³-hybridized carbons (Fsp3) is 0.533. The molecule has 0 bridgehead atoms. The van der Waals surface area contributed by atoms with E-state index in [0.717, 1.165) is 5.56 Å². The average Bonchev–Trinajstić information content (AvgIpc) is 2.93. The number of sulfonamides is 1. The lowest BCUT2D eigenvalue weighted by atomic mass is 10.1. The van der Waals surface area contributed by atoms with Gasteiger partial charge in [-0.25, -0.2) is 13.2 Å². The lowest BCUT2D eigenvalue weighted by molar-refractivity contribution is -0.144. The molecule has 1 N–H and O–H groups in total. The Morgan fingerprint density at radius 2 is 2.09 bits per heavy atom. The Kier molecular flexibility index (Phi) is 5.28. The fourth-order valence-electron chi connectivity index (χ4n) is 2.77. The van der Waals surface area contributed by atoms with Crippen LogP contribution in [0.2, 0.25) is 0 Å². The van der Waals surface area contributed by atoms with Gasteiger partial charge in [-0.1, -0.05) is 6.07 Å². The second kappa shape index (κ2) is 6.86. The lowest BCUT2D eigenvalue weighted by Gasteiger charge is -2.20. The SMILES string of the molecule is COc1cc(C)cc(C)c1S(=O)(=O)N1CC[C@H](OCC(=O)O)C1. The van der Waals surface area contributed by atoms with Crippen LogP contribution in [0.3, 0.4) is 0 Å². The van der Waals surface area contributed by atoms with Crippen molar-refractivity contribution in [1.29, 1.82) is 0 Å². The standard InChI is InChI=1S/C15H21NO6S/c1-10-6-11(2)15(13(7-10)21-3)23(19,20)16-5-4-12(8-16)22-9-14(17)18/h6-7,12H,4-5,8-9H2,1-3H3,(H,17,18)/t12-/m0/s1. The molecule has 1 fully saturated rings. The van der Waals surface area contributed by atoms with Crippen LogP contribution in [0.4, 0.5) is 0 Å². The van der Waals surface area contributed by atoms with Crippen LogP contribution in [0.1, 0.15) is 17.5 Å².